The van der Waals surface area contributed by atoms with Gasteiger partial charge >= 0.3 is 12.1 Å². The van der Waals surface area contributed by atoms with Crippen LogP contribution in [0.3, 0.4) is 0 Å². The fraction of sp³-hybridized carbons (Fsp3) is 0.424. The van der Waals surface area contributed by atoms with Gasteiger partial charge in [-0.2, -0.15) is 5.10 Å². The summed E-state index contributed by atoms with van der Waals surface area (Å²) in [6.07, 6.45) is 5.51. The molecule has 45 heavy (non-hydrogen) atoms. The summed E-state index contributed by atoms with van der Waals surface area (Å²) in [5.41, 5.74) is 2.99. The molecule has 12 heteroatoms. The van der Waals surface area contributed by atoms with Crippen molar-refractivity contribution in [2.24, 2.45) is 0 Å². The number of rotatable bonds is 6. The Morgan fingerprint density at radius 1 is 0.889 bits per heavy atom. The number of carbonyl (C=O) groups excluding carboxylic acids is 2. The molecule has 7 rings (SSSR count). The summed E-state index contributed by atoms with van der Waals surface area (Å²) in [6.45, 7) is 6.49. The third-order valence-corrected chi connectivity index (χ3v) is 8.61. The zero-order chi connectivity index (χ0) is 30.9. The van der Waals surface area contributed by atoms with Crippen LogP contribution >= 0.6 is 0 Å². The van der Waals surface area contributed by atoms with E-state index in [-0.39, 0.29) is 36.5 Å². The quantitative estimate of drug-likeness (QED) is 0.285. The predicted molar refractivity (Wildman–Crippen MR) is 171 cm³/mol. The standard InChI is InChI=1S/C33H38N8O4/c1-21(2)44-33(43)39-16-14-25(15-17-39)41-31-28(18-34-41)30(40-19-26-12-13-27(20-40)45-26)37-29(38-31)22-8-10-24(11-9-22)36-32(42)35-23-6-4-3-5-7-23/h3-11,18,21,25-27H,12-17,19-20H2,1-2H3,(H2,35,36,42). The fourth-order valence-electron chi connectivity index (χ4n) is 6.42. The highest BCUT2D eigenvalue weighted by atomic mass is 16.6. The van der Waals surface area contributed by atoms with E-state index in [0.29, 0.717) is 24.6 Å². The number of hydrogen-bond acceptors (Lipinski definition) is 8. The first-order valence-corrected chi connectivity index (χ1v) is 15.7. The summed E-state index contributed by atoms with van der Waals surface area (Å²) in [5, 5.41) is 11.5. The van der Waals surface area contributed by atoms with E-state index in [2.05, 4.69) is 15.5 Å². The molecule has 5 heterocycles. The van der Waals surface area contributed by atoms with E-state index in [1.807, 2.05) is 79.3 Å². The van der Waals surface area contributed by atoms with Crippen LogP contribution < -0.4 is 15.5 Å². The van der Waals surface area contributed by atoms with Gasteiger partial charge in [0.2, 0.25) is 0 Å². The van der Waals surface area contributed by atoms with Gasteiger partial charge in [-0.1, -0.05) is 18.2 Å². The van der Waals surface area contributed by atoms with Gasteiger partial charge in [-0.3, -0.25) is 0 Å². The van der Waals surface area contributed by atoms with Gasteiger partial charge in [0.1, 0.15) is 5.82 Å². The van der Waals surface area contributed by atoms with Crippen molar-refractivity contribution >= 4 is 40.4 Å². The Bertz CT molecular complexity index is 1660. The first-order chi connectivity index (χ1) is 21.9. The van der Waals surface area contributed by atoms with Gasteiger partial charge in [0.25, 0.3) is 0 Å². The lowest BCUT2D eigenvalue weighted by atomic mass is 10.1. The van der Waals surface area contributed by atoms with Crippen LogP contribution in [0.5, 0.6) is 0 Å². The number of benzene rings is 2. The molecule has 3 saturated heterocycles. The molecule has 0 radical (unpaired) electrons. The number of hydrogen-bond donors (Lipinski definition) is 2. The molecule has 2 bridgehead atoms. The van der Waals surface area contributed by atoms with Gasteiger partial charge in [0.15, 0.2) is 11.5 Å². The van der Waals surface area contributed by atoms with Gasteiger partial charge in [-0.25, -0.2) is 24.2 Å². The normalized spacial score (nSPS) is 20.1. The number of urea groups is 1. The van der Waals surface area contributed by atoms with Gasteiger partial charge in [-0.05, 0) is 75.9 Å². The highest BCUT2D eigenvalue weighted by molar-refractivity contribution is 5.99. The molecule has 3 aliphatic heterocycles. The van der Waals surface area contributed by atoms with Crippen LogP contribution in [-0.2, 0) is 9.47 Å². The number of ether oxygens (including phenoxy) is 2. The van der Waals surface area contributed by atoms with Gasteiger partial charge in [0, 0.05) is 43.1 Å². The monoisotopic (exact) mass is 610 g/mol. The molecule has 3 amide bonds. The molecule has 3 aliphatic rings. The lowest BCUT2D eigenvalue weighted by Gasteiger charge is -2.33. The van der Waals surface area contributed by atoms with Crippen LogP contribution in [0.1, 0.15) is 45.6 Å². The number of morpholine rings is 1. The molecule has 4 aromatic rings. The summed E-state index contributed by atoms with van der Waals surface area (Å²) in [5.74, 6) is 1.46. The summed E-state index contributed by atoms with van der Waals surface area (Å²) in [7, 11) is 0. The molecule has 0 spiro atoms. The molecular weight excluding hydrogens is 572 g/mol. The summed E-state index contributed by atoms with van der Waals surface area (Å²) in [6, 6.07) is 16.6. The number of anilines is 3. The van der Waals surface area contributed by atoms with Crippen molar-refractivity contribution in [1.82, 2.24) is 24.6 Å². The predicted octanol–water partition coefficient (Wildman–Crippen LogP) is 5.69. The third-order valence-electron chi connectivity index (χ3n) is 8.61. The number of fused-ring (bicyclic) bond motifs is 3. The zero-order valence-corrected chi connectivity index (χ0v) is 25.6. The maximum atomic E-state index is 12.5. The topological polar surface area (TPSA) is 127 Å². The van der Waals surface area contributed by atoms with Crippen molar-refractivity contribution in [3.05, 3.63) is 60.8 Å². The smallest absolute Gasteiger partial charge is 0.410 e. The molecule has 2 N–H and O–H groups in total. The molecule has 2 atom stereocenters. The second kappa shape index (κ2) is 12.4. The van der Waals surface area contributed by atoms with Gasteiger partial charge in [-0.15, -0.1) is 0 Å². The summed E-state index contributed by atoms with van der Waals surface area (Å²) >= 11 is 0. The van der Waals surface area contributed by atoms with Crippen molar-refractivity contribution in [2.75, 3.05) is 41.7 Å². The zero-order valence-electron chi connectivity index (χ0n) is 25.6. The maximum Gasteiger partial charge on any atom is 0.410 e. The largest absolute Gasteiger partial charge is 0.447 e. The Morgan fingerprint density at radius 3 is 2.22 bits per heavy atom. The Balaban J connectivity index is 1.16. The van der Waals surface area contributed by atoms with E-state index in [0.717, 1.165) is 66.9 Å². The average Bonchev–Trinajstić information content (AvgIpc) is 3.63. The van der Waals surface area contributed by atoms with Crippen LogP contribution in [0.2, 0.25) is 0 Å². The Morgan fingerprint density at radius 2 is 1.56 bits per heavy atom. The molecule has 234 valence electrons. The van der Waals surface area contributed by atoms with Crippen molar-refractivity contribution in [3.8, 4) is 11.4 Å². The molecule has 2 aromatic heterocycles. The number of carbonyl (C=O) groups is 2. The molecule has 12 nitrogen and oxygen atoms in total. The number of likely N-dealkylation sites (tertiary alicyclic amines) is 1. The van der Waals surface area contributed by atoms with Gasteiger partial charge < -0.3 is 29.9 Å². The Kier molecular flexibility index (Phi) is 7.97. The number of para-hydroxylation sites is 1. The van der Waals surface area contributed by atoms with E-state index < -0.39 is 0 Å². The number of piperidine rings is 1. The van der Waals surface area contributed by atoms with Crippen LogP contribution in [0.25, 0.3) is 22.4 Å². The van der Waals surface area contributed by atoms with E-state index >= 15 is 0 Å². The Hall–Kier alpha value is -4.71. The van der Waals surface area contributed by atoms with Crippen LogP contribution in [0.4, 0.5) is 26.8 Å². The van der Waals surface area contributed by atoms with E-state index in [9.17, 15) is 9.59 Å². The Labute approximate surface area is 261 Å². The number of amides is 3. The highest BCUT2D eigenvalue weighted by Crippen LogP contribution is 2.35. The fourth-order valence-corrected chi connectivity index (χ4v) is 6.42. The van der Waals surface area contributed by atoms with E-state index in [1.54, 1.807) is 4.90 Å². The first-order valence-electron chi connectivity index (χ1n) is 15.7. The third kappa shape index (κ3) is 6.28. The van der Waals surface area contributed by atoms with Gasteiger partial charge in [0.05, 0.1) is 35.9 Å². The SMILES string of the molecule is CC(C)OC(=O)N1CCC(n2ncc3c(N4CC5CCC(C4)O5)nc(-c4ccc(NC(=O)Nc5ccccc5)cc4)nc32)CC1. The average molecular weight is 611 g/mol. The molecule has 2 aromatic carbocycles. The number of nitrogens with one attached hydrogen (secondary N) is 2. The summed E-state index contributed by atoms with van der Waals surface area (Å²) < 4.78 is 13.5. The summed E-state index contributed by atoms with van der Waals surface area (Å²) in [4.78, 5) is 39.2. The lowest BCUT2D eigenvalue weighted by Crippen LogP contribution is -2.43. The molecule has 0 aliphatic carbocycles. The lowest BCUT2D eigenvalue weighted by molar-refractivity contribution is 0.0303. The molecular formula is C33H38N8O4. The molecule has 0 saturated carbocycles. The first kappa shape index (κ1) is 29.0. The van der Waals surface area contributed by atoms with Crippen LogP contribution in [0, 0.1) is 0 Å². The van der Waals surface area contributed by atoms with E-state index in [4.69, 9.17) is 24.5 Å². The van der Waals surface area contributed by atoms with Crippen molar-refractivity contribution in [2.45, 2.75) is 63.9 Å². The highest BCUT2D eigenvalue weighted by Gasteiger charge is 2.36. The van der Waals surface area contributed by atoms with Crippen molar-refractivity contribution < 1.29 is 19.1 Å². The second-order valence-corrected chi connectivity index (χ2v) is 12.2. The van der Waals surface area contributed by atoms with Crippen LogP contribution in [-0.4, -0.2) is 81.3 Å². The van der Waals surface area contributed by atoms with Crippen molar-refractivity contribution in [1.29, 1.82) is 0 Å². The second-order valence-electron chi connectivity index (χ2n) is 12.2. The minimum absolute atomic E-state index is 0.0942. The molecule has 3 fully saturated rings. The number of aromatic nitrogens is 4. The van der Waals surface area contributed by atoms with Crippen molar-refractivity contribution in [3.63, 3.8) is 0 Å². The minimum atomic E-state index is -0.316. The van der Waals surface area contributed by atoms with Crippen LogP contribution in [0.15, 0.2) is 60.8 Å². The molecule has 2 unspecified atom stereocenters. The maximum absolute atomic E-state index is 12.5. The minimum Gasteiger partial charge on any atom is -0.447 e. The number of nitrogens with zero attached hydrogens (tertiary/aromatic N) is 6. The van der Waals surface area contributed by atoms with E-state index in [1.165, 1.54) is 0 Å².